The van der Waals surface area contributed by atoms with Gasteiger partial charge in [0.1, 0.15) is 12.4 Å². The van der Waals surface area contributed by atoms with Gasteiger partial charge in [0.25, 0.3) is 5.91 Å². The predicted molar refractivity (Wildman–Crippen MR) is 138 cm³/mol. The number of carbonyl (C=O) groups excluding carboxylic acids is 1. The van der Waals surface area contributed by atoms with E-state index in [0.717, 1.165) is 46.5 Å². The minimum Gasteiger partial charge on any atom is -0.467 e. The van der Waals surface area contributed by atoms with Crippen molar-refractivity contribution in [1.29, 1.82) is 0 Å². The third kappa shape index (κ3) is 5.01. The zero-order chi connectivity index (χ0) is 25.2. The Labute approximate surface area is 214 Å². The van der Waals surface area contributed by atoms with Gasteiger partial charge in [0, 0.05) is 24.4 Å². The summed E-state index contributed by atoms with van der Waals surface area (Å²) in [6, 6.07) is 19.4. The van der Waals surface area contributed by atoms with E-state index < -0.39 is 0 Å². The second-order valence-electron chi connectivity index (χ2n) is 9.33. The van der Waals surface area contributed by atoms with E-state index in [2.05, 4.69) is 10.3 Å². The van der Waals surface area contributed by atoms with Crippen LogP contribution in [-0.2, 0) is 24.5 Å². The van der Waals surface area contributed by atoms with Crippen LogP contribution < -0.4 is 5.32 Å². The van der Waals surface area contributed by atoms with Crippen LogP contribution in [-0.4, -0.2) is 25.7 Å². The molecule has 1 aromatic carbocycles. The van der Waals surface area contributed by atoms with Crippen molar-refractivity contribution in [2.75, 3.05) is 0 Å². The Morgan fingerprint density at radius 1 is 1.08 bits per heavy atom. The molecular weight excluding hydrogens is 466 g/mol. The molecular formula is C29H27N5O3. The van der Waals surface area contributed by atoms with Crippen LogP contribution in [0.25, 0.3) is 16.9 Å². The number of hydrogen-bond acceptors (Lipinski definition) is 6. The molecule has 0 bridgehead atoms. The van der Waals surface area contributed by atoms with Crippen LogP contribution in [0.2, 0.25) is 0 Å². The van der Waals surface area contributed by atoms with E-state index in [-0.39, 0.29) is 5.91 Å². The number of amides is 1. The number of ether oxygens (including phenoxy) is 1. The molecule has 0 aliphatic heterocycles. The first-order valence-electron chi connectivity index (χ1n) is 12.4. The van der Waals surface area contributed by atoms with Gasteiger partial charge in [-0.2, -0.15) is 9.78 Å². The van der Waals surface area contributed by atoms with Crippen molar-refractivity contribution in [3.8, 4) is 5.82 Å². The Morgan fingerprint density at radius 3 is 2.76 bits per heavy atom. The number of nitrogens with zero attached hydrogens (tertiary/aromatic N) is 4. The SMILES string of the molecule is Cc1nn(-c2ccccn2)c2nc(C3CC3)cc(C(=O)NCc3cccc(COCc4ccco4)c3)c12. The van der Waals surface area contributed by atoms with Crippen molar-refractivity contribution in [2.24, 2.45) is 0 Å². The molecule has 5 aromatic rings. The lowest BCUT2D eigenvalue weighted by molar-refractivity contribution is 0.0928. The topological polar surface area (TPSA) is 95.1 Å². The van der Waals surface area contributed by atoms with Gasteiger partial charge in [-0.25, -0.2) is 9.97 Å². The molecule has 4 aromatic heterocycles. The average Bonchev–Trinajstić information content (AvgIpc) is 3.55. The first kappa shape index (κ1) is 23.1. The number of benzene rings is 1. The van der Waals surface area contributed by atoms with Crippen molar-refractivity contribution in [2.45, 2.75) is 45.4 Å². The average molecular weight is 494 g/mol. The van der Waals surface area contributed by atoms with E-state index in [0.29, 0.717) is 42.7 Å². The van der Waals surface area contributed by atoms with Gasteiger partial charge in [-0.3, -0.25) is 4.79 Å². The zero-order valence-corrected chi connectivity index (χ0v) is 20.6. The summed E-state index contributed by atoms with van der Waals surface area (Å²) in [7, 11) is 0. The highest BCUT2D eigenvalue weighted by atomic mass is 16.5. The highest BCUT2D eigenvalue weighted by molar-refractivity contribution is 6.06. The molecule has 0 radical (unpaired) electrons. The lowest BCUT2D eigenvalue weighted by atomic mass is 10.1. The Bertz CT molecular complexity index is 1540. The number of pyridine rings is 2. The first-order chi connectivity index (χ1) is 18.2. The lowest BCUT2D eigenvalue weighted by Crippen LogP contribution is -2.23. The van der Waals surface area contributed by atoms with Crippen LogP contribution >= 0.6 is 0 Å². The maximum atomic E-state index is 13.5. The summed E-state index contributed by atoms with van der Waals surface area (Å²) in [6.07, 6.45) is 5.54. The van der Waals surface area contributed by atoms with Crippen molar-refractivity contribution < 1.29 is 13.9 Å². The second kappa shape index (κ2) is 9.99. The largest absolute Gasteiger partial charge is 0.467 e. The molecule has 0 unspecified atom stereocenters. The molecule has 0 spiro atoms. The molecule has 6 rings (SSSR count). The van der Waals surface area contributed by atoms with E-state index in [9.17, 15) is 4.79 Å². The van der Waals surface area contributed by atoms with Crippen LogP contribution in [0.5, 0.6) is 0 Å². The molecule has 8 heteroatoms. The monoisotopic (exact) mass is 493 g/mol. The van der Waals surface area contributed by atoms with Crippen LogP contribution in [0.1, 0.15) is 57.4 Å². The zero-order valence-electron chi connectivity index (χ0n) is 20.6. The van der Waals surface area contributed by atoms with Crippen molar-refractivity contribution >= 4 is 16.9 Å². The van der Waals surface area contributed by atoms with Crippen LogP contribution in [0.4, 0.5) is 0 Å². The molecule has 1 N–H and O–H groups in total. The number of carbonyl (C=O) groups is 1. The van der Waals surface area contributed by atoms with E-state index in [4.69, 9.17) is 19.2 Å². The van der Waals surface area contributed by atoms with Crippen molar-refractivity contribution in [3.05, 3.63) is 107 Å². The summed E-state index contributed by atoms with van der Waals surface area (Å²) in [5, 5.41) is 8.55. The maximum Gasteiger partial charge on any atom is 0.252 e. The van der Waals surface area contributed by atoms with Crippen LogP contribution in [0.3, 0.4) is 0 Å². The van der Waals surface area contributed by atoms with E-state index >= 15 is 0 Å². The molecule has 1 amide bonds. The maximum absolute atomic E-state index is 13.5. The minimum atomic E-state index is -0.141. The normalized spacial score (nSPS) is 13.2. The third-order valence-electron chi connectivity index (χ3n) is 6.48. The minimum absolute atomic E-state index is 0.141. The quantitative estimate of drug-likeness (QED) is 0.302. The summed E-state index contributed by atoms with van der Waals surface area (Å²) in [5.74, 6) is 1.72. The fourth-order valence-electron chi connectivity index (χ4n) is 4.49. The van der Waals surface area contributed by atoms with Crippen molar-refractivity contribution in [3.63, 3.8) is 0 Å². The van der Waals surface area contributed by atoms with Crippen LogP contribution in [0, 0.1) is 6.92 Å². The van der Waals surface area contributed by atoms with Gasteiger partial charge in [-0.15, -0.1) is 0 Å². The van der Waals surface area contributed by atoms with Gasteiger partial charge in [0.05, 0.1) is 29.5 Å². The van der Waals surface area contributed by atoms with E-state index in [1.54, 1.807) is 17.1 Å². The molecule has 1 saturated carbocycles. The Balaban J connectivity index is 1.22. The lowest BCUT2D eigenvalue weighted by Gasteiger charge is -2.10. The summed E-state index contributed by atoms with van der Waals surface area (Å²) in [4.78, 5) is 22.8. The smallest absolute Gasteiger partial charge is 0.252 e. The third-order valence-corrected chi connectivity index (χ3v) is 6.48. The fourth-order valence-corrected chi connectivity index (χ4v) is 4.49. The van der Waals surface area contributed by atoms with Crippen LogP contribution in [0.15, 0.2) is 77.5 Å². The molecule has 1 aliphatic carbocycles. The summed E-state index contributed by atoms with van der Waals surface area (Å²) in [5.41, 5.74) is 4.99. The summed E-state index contributed by atoms with van der Waals surface area (Å²) >= 11 is 0. The molecule has 1 fully saturated rings. The Morgan fingerprint density at radius 2 is 1.97 bits per heavy atom. The Hall–Kier alpha value is -4.30. The first-order valence-corrected chi connectivity index (χ1v) is 12.4. The van der Waals surface area contributed by atoms with Gasteiger partial charge in [0.2, 0.25) is 0 Å². The standard InChI is InChI=1S/C29H27N5O3/c1-19-27-24(15-25(22-10-11-22)32-28(27)34(33-19)26-9-2-3-12-30-26)29(35)31-16-20-6-4-7-21(14-20)17-36-18-23-8-5-13-37-23/h2-9,12-15,22H,10-11,16-18H2,1H3,(H,31,35). The van der Waals surface area contributed by atoms with Gasteiger partial charge in [0.15, 0.2) is 11.5 Å². The number of nitrogens with one attached hydrogen (secondary N) is 1. The van der Waals surface area contributed by atoms with Gasteiger partial charge in [-0.05, 0) is 61.2 Å². The highest BCUT2D eigenvalue weighted by Crippen LogP contribution is 2.40. The number of rotatable bonds is 9. The molecule has 8 nitrogen and oxygen atoms in total. The molecule has 1 aliphatic rings. The number of fused-ring (bicyclic) bond motifs is 1. The molecule has 186 valence electrons. The number of furan rings is 1. The predicted octanol–water partition coefficient (Wildman–Crippen LogP) is 5.24. The second-order valence-corrected chi connectivity index (χ2v) is 9.33. The fraction of sp³-hybridized carbons (Fsp3) is 0.241. The summed E-state index contributed by atoms with van der Waals surface area (Å²) in [6.45, 7) is 3.19. The van der Waals surface area contributed by atoms with E-state index in [1.165, 1.54) is 0 Å². The number of aromatic nitrogens is 4. The van der Waals surface area contributed by atoms with Gasteiger partial charge >= 0.3 is 0 Å². The molecule has 0 atom stereocenters. The number of aryl methyl sites for hydroxylation is 1. The summed E-state index contributed by atoms with van der Waals surface area (Å²) < 4.78 is 12.8. The molecule has 0 saturated heterocycles. The van der Waals surface area contributed by atoms with Gasteiger partial charge in [-0.1, -0.05) is 30.3 Å². The number of hydrogen-bond donors (Lipinski definition) is 1. The highest BCUT2D eigenvalue weighted by Gasteiger charge is 2.29. The Kier molecular flexibility index (Phi) is 6.24. The van der Waals surface area contributed by atoms with Crippen molar-refractivity contribution in [1.82, 2.24) is 25.1 Å². The van der Waals surface area contributed by atoms with Gasteiger partial charge < -0.3 is 14.5 Å². The van der Waals surface area contributed by atoms with E-state index in [1.807, 2.05) is 67.6 Å². The molecule has 37 heavy (non-hydrogen) atoms. The molecule has 4 heterocycles.